The van der Waals surface area contributed by atoms with Crippen LogP contribution in [0, 0.1) is 6.92 Å². The summed E-state index contributed by atoms with van der Waals surface area (Å²) in [5.74, 6) is 0.615. The molecular weight excluding hydrogens is 283 g/mol. The Labute approximate surface area is 121 Å². The van der Waals surface area contributed by atoms with Crippen molar-refractivity contribution in [3.05, 3.63) is 49.9 Å². The van der Waals surface area contributed by atoms with Crippen molar-refractivity contribution in [3.63, 3.8) is 0 Å². The highest BCUT2D eigenvalue weighted by molar-refractivity contribution is 6.35. The van der Waals surface area contributed by atoms with Crippen LogP contribution in [0.15, 0.2) is 23.0 Å². The largest absolute Gasteiger partial charge is 0.306 e. The number of nitrogens with one attached hydrogen (secondary N) is 1. The smallest absolute Gasteiger partial charge is 0.254 e. The zero-order valence-corrected chi connectivity index (χ0v) is 12.4. The van der Waals surface area contributed by atoms with Gasteiger partial charge in [-0.25, -0.2) is 4.98 Å². The molecule has 2 rings (SSSR count). The second-order valence-corrected chi connectivity index (χ2v) is 5.60. The standard InChI is InChI=1S/C14H14Cl2N2O/c1-7(2)12-8(3)17-13(18-14(12)19)9-4-10(15)6-11(16)5-9/h4-7H,1-3H3,(H,17,18,19). The highest BCUT2D eigenvalue weighted by Crippen LogP contribution is 2.25. The summed E-state index contributed by atoms with van der Waals surface area (Å²) in [7, 11) is 0. The second kappa shape index (κ2) is 5.35. The molecule has 0 aliphatic heterocycles. The van der Waals surface area contributed by atoms with Gasteiger partial charge < -0.3 is 4.98 Å². The molecule has 0 spiro atoms. The summed E-state index contributed by atoms with van der Waals surface area (Å²) in [6.45, 7) is 5.77. The molecule has 1 N–H and O–H groups in total. The number of benzene rings is 1. The van der Waals surface area contributed by atoms with Crippen molar-refractivity contribution in [1.29, 1.82) is 0 Å². The average Bonchev–Trinajstić information content (AvgIpc) is 2.25. The number of nitrogens with zero attached hydrogens (tertiary/aromatic N) is 1. The number of aryl methyl sites for hydroxylation is 1. The fraction of sp³-hybridized carbons (Fsp3) is 0.286. The fourth-order valence-electron chi connectivity index (χ4n) is 2.10. The van der Waals surface area contributed by atoms with Gasteiger partial charge in [0.05, 0.1) is 0 Å². The average molecular weight is 297 g/mol. The van der Waals surface area contributed by atoms with Gasteiger partial charge >= 0.3 is 0 Å². The van der Waals surface area contributed by atoms with Crippen molar-refractivity contribution in [1.82, 2.24) is 9.97 Å². The number of aromatic nitrogens is 2. The molecule has 0 saturated carbocycles. The summed E-state index contributed by atoms with van der Waals surface area (Å²) in [4.78, 5) is 19.3. The van der Waals surface area contributed by atoms with E-state index in [9.17, 15) is 4.79 Å². The van der Waals surface area contributed by atoms with Gasteiger partial charge in [-0.1, -0.05) is 37.0 Å². The second-order valence-electron chi connectivity index (χ2n) is 4.73. The predicted octanol–water partition coefficient (Wildman–Crippen LogP) is 4.18. The minimum Gasteiger partial charge on any atom is -0.306 e. The predicted molar refractivity (Wildman–Crippen MR) is 79.1 cm³/mol. The van der Waals surface area contributed by atoms with Crippen LogP contribution in [0.3, 0.4) is 0 Å². The third kappa shape index (κ3) is 2.99. The maximum Gasteiger partial charge on any atom is 0.254 e. The number of hydrogen-bond acceptors (Lipinski definition) is 2. The number of halogens is 2. The van der Waals surface area contributed by atoms with Gasteiger partial charge in [-0.2, -0.15) is 0 Å². The number of rotatable bonds is 2. The Morgan fingerprint density at radius 2 is 1.74 bits per heavy atom. The third-order valence-corrected chi connectivity index (χ3v) is 3.30. The molecule has 0 fully saturated rings. The van der Waals surface area contributed by atoms with E-state index in [0.29, 0.717) is 27.0 Å². The molecule has 5 heteroatoms. The van der Waals surface area contributed by atoms with Crippen molar-refractivity contribution < 1.29 is 0 Å². The van der Waals surface area contributed by atoms with Crippen LogP contribution in [-0.4, -0.2) is 9.97 Å². The van der Waals surface area contributed by atoms with Crippen LogP contribution < -0.4 is 5.56 Å². The highest BCUT2D eigenvalue weighted by Gasteiger charge is 2.13. The minimum atomic E-state index is -0.117. The first kappa shape index (κ1) is 14.1. The molecular formula is C14H14Cl2N2O. The maximum absolute atomic E-state index is 12.1. The molecule has 2 aromatic rings. The topological polar surface area (TPSA) is 45.8 Å². The van der Waals surface area contributed by atoms with Crippen LogP contribution in [0.25, 0.3) is 11.4 Å². The summed E-state index contributed by atoms with van der Waals surface area (Å²) in [5.41, 5.74) is 2.02. The number of H-pyrrole nitrogens is 1. The van der Waals surface area contributed by atoms with E-state index in [0.717, 1.165) is 5.69 Å². The van der Waals surface area contributed by atoms with Gasteiger partial charge in [-0.3, -0.25) is 4.79 Å². The summed E-state index contributed by atoms with van der Waals surface area (Å²) in [5, 5.41) is 1.02. The highest BCUT2D eigenvalue weighted by atomic mass is 35.5. The molecule has 0 aliphatic rings. The quantitative estimate of drug-likeness (QED) is 0.904. The third-order valence-electron chi connectivity index (χ3n) is 2.86. The summed E-state index contributed by atoms with van der Waals surface area (Å²) in [6.07, 6.45) is 0. The van der Waals surface area contributed by atoms with Gasteiger partial charge in [0.2, 0.25) is 0 Å². The van der Waals surface area contributed by atoms with E-state index in [1.54, 1.807) is 18.2 Å². The maximum atomic E-state index is 12.1. The van der Waals surface area contributed by atoms with E-state index in [1.165, 1.54) is 0 Å². The lowest BCUT2D eigenvalue weighted by molar-refractivity contribution is 0.815. The molecule has 0 aliphatic carbocycles. The lowest BCUT2D eigenvalue weighted by atomic mass is 10.0. The van der Waals surface area contributed by atoms with Crippen molar-refractivity contribution in [2.45, 2.75) is 26.7 Å². The van der Waals surface area contributed by atoms with Crippen molar-refractivity contribution in [2.75, 3.05) is 0 Å². The zero-order valence-electron chi connectivity index (χ0n) is 10.9. The first-order chi connectivity index (χ1) is 8.88. The molecule has 100 valence electrons. The molecule has 0 amide bonds. The van der Waals surface area contributed by atoms with E-state index in [2.05, 4.69) is 9.97 Å². The molecule has 1 heterocycles. The van der Waals surface area contributed by atoms with E-state index < -0.39 is 0 Å². The Kier molecular flexibility index (Phi) is 3.97. The Balaban J connectivity index is 2.62. The van der Waals surface area contributed by atoms with Crippen molar-refractivity contribution >= 4 is 23.2 Å². The lowest BCUT2D eigenvalue weighted by Gasteiger charge is -2.10. The summed E-state index contributed by atoms with van der Waals surface area (Å²) < 4.78 is 0. The van der Waals surface area contributed by atoms with Crippen LogP contribution >= 0.6 is 23.2 Å². The van der Waals surface area contributed by atoms with Gasteiger partial charge in [0.1, 0.15) is 5.82 Å². The molecule has 1 aromatic carbocycles. The first-order valence-electron chi connectivity index (χ1n) is 5.95. The Bertz CT molecular complexity index is 657. The van der Waals surface area contributed by atoms with E-state index >= 15 is 0 Å². The fourth-order valence-corrected chi connectivity index (χ4v) is 2.63. The molecule has 0 atom stereocenters. The molecule has 0 radical (unpaired) electrons. The van der Waals surface area contributed by atoms with Crippen LogP contribution in [0.5, 0.6) is 0 Å². The molecule has 19 heavy (non-hydrogen) atoms. The summed E-state index contributed by atoms with van der Waals surface area (Å²) >= 11 is 11.9. The van der Waals surface area contributed by atoms with Gasteiger partial charge in [0.15, 0.2) is 0 Å². The van der Waals surface area contributed by atoms with Crippen LogP contribution in [-0.2, 0) is 0 Å². The molecule has 0 unspecified atom stereocenters. The van der Waals surface area contributed by atoms with Gasteiger partial charge in [0, 0.05) is 26.9 Å². The first-order valence-corrected chi connectivity index (χ1v) is 6.71. The van der Waals surface area contributed by atoms with Crippen molar-refractivity contribution in [3.8, 4) is 11.4 Å². The molecule has 0 bridgehead atoms. The van der Waals surface area contributed by atoms with Gasteiger partial charge in [-0.05, 0) is 31.0 Å². The Morgan fingerprint density at radius 3 is 2.21 bits per heavy atom. The molecule has 0 saturated heterocycles. The summed E-state index contributed by atoms with van der Waals surface area (Å²) in [6, 6.07) is 5.08. The van der Waals surface area contributed by atoms with E-state index in [-0.39, 0.29) is 11.5 Å². The number of aromatic amines is 1. The molecule has 3 nitrogen and oxygen atoms in total. The molecule has 1 aromatic heterocycles. The van der Waals surface area contributed by atoms with Crippen LogP contribution in [0.2, 0.25) is 10.0 Å². The Morgan fingerprint density at radius 1 is 1.16 bits per heavy atom. The Hall–Kier alpha value is -1.32. The zero-order chi connectivity index (χ0) is 14.2. The monoisotopic (exact) mass is 296 g/mol. The normalized spacial score (nSPS) is 11.1. The van der Waals surface area contributed by atoms with Crippen LogP contribution in [0.1, 0.15) is 31.0 Å². The minimum absolute atomic E-state index is 0.117. The lowest BCUT2D eigenvalue weighted by Crippen LogP contribution is -2.18. The van der Waals surface area contributed by atoms with Gasteiger partial charge in [0.25, 0.3) is 5.56 Å². The van der Waals surface area contributed by atoms with Crippen molar-refractivity contribution in [2.24, 2.45) is 0 Å². The van der Waals surface area contributed by atoms with Crippen LogP contribution in [0.4, 0.5) is 0 Å². The van der Waals surface area contributed by atoms with E-state index in [4.69, 9.17) is 23.2 Å². The number of hydrogen-bond donors (Lipinski definition) is 1. The van der Waals surface area contributed by atoms with E-state index in [1.807, 2.05) is 20.8 Å². The SMILES string of the molecule is Cc1nc(-c2cc(Cl)cc(Cl)c2)[nH]c(=O)c1C(C)C. The van der Waals surface area contributed by atoms with Gasteiger partial charge in [-0.15, -0.1) is 0 Å².